The molecule has 4 nitrogen and oxygen atoms in total. The van der Waals surface area contributed by atoms with Gasteiger partial charge in [0.15, 0.2) is 0 Å². The molecule has 1 aliphatic rings. The molecule has 0 spiro atoms. The molecule has 0 fully saturated rings. The van der Waals surface area contributed by atoms with Crippen molar-refractivity contribution in [3.8, 4) is 0 Å². The Morgan fingerprint density at radius 1 is 1.53 bits per heavy atom. The number of fused-ring (bicyclic) bond motifs is 1. The average Bonchev–Trinajstić information content (AvgIpc) is 2.27. The highest BCUT2D eigenvalue weighted by Crippen LogP contribution is 2.32. The zero-order valence-corrected chi connectivity index (χ0v) is 9.71. The number of thioether (sulfide) groups is 1. The fraction of sp³-hybridized carbons (Fsp3) is 0.222. The van der Waals surface area contributed by atoms with Crippen molar-refractivity contribution in [2.75, 3.05) is 18.1 Å². The summed E-state index contributed by atoms with van der Waals surface area (Å²) in [7, 11) is 0.418. The van der Waals surface area contributed by atoms with E-state index in [1.165, 1.54) is 11.8 Å². The second-order valence-electron chi connectivity index (χ2n) is 2.97. The summed E-state index contributed by atoms with van der Waals surface area (Å²) >= 11 is 1.49. The van der Waals surface area contributed by atoms with E-state index in [1.54, 1.807) is 19.2 Å². The largest absolute Gasteiger partial charge is 0.324 e. The van der Waals surface area contributed by atoms with E-state index in [0.717, 1.165) is 10.6 Å². The van der Waals surface area contributed by atoms with Crippen molar-refractivity contribution >= 4 is 34.3 Å². The Kier molecular flexibility index (Phi) is 3.08. The lowest BCUT2D eigenvalue weighted by Gasteiger charge is -2.16. The Morgan fingerprint density at radius 2 is 2.33 bits per heavy atom. The summed E-state index contributed by atoms with van der Waals surface area (Å²) in [6.45, 7) is 0. The molecule has 2 rings (SSSR count). The number of carbonyl (C=O) groups is 1. The van der Waals surface area contributed by atoms with Crippen LogP contribution in [0.25, 0.3) is 0 Å². The number of hydrogen-bond donors (Lipinski definition) is 2. The highest BCUT2D eigenvalue weighted by atomic mass is 32.2. The summed E-state index contributed by atoms with van der Waals surface area (Å²) in [5.74, 6) is 0.432. The fourth-order valence-corrected chi connectivity index (χ4v) is 2.74. The first kappa shape index (κ1) is 10.7. The molecule has 1 unspecified atom stereocenters. The number of anilines is 1. The molecule has 1 aliphatic heterocycles. The smallest absolute Gasteiger partial charge is 0.234 e. The monoisotopic (exact) mass is 242 g/mol. The van der Waals surface area contributed by atoms with Crippen LogP contribution in [-0.2, 0) is 15.8 Å². The molecule has 80 valence electrons. The highest BCUT2D eigenvalue weighted by molar-refractivity contribution is 8.00. The van der Waals surface area contributed by atoms with Gasteiger partial charge in [0.1, 0.15) is 11.0 Å². The predicted molar refractivity (Wildman–Crippen MR) is 61.3 cm³/mol. The molecule has 1 amide bonds. The number of carbonyl (C=O) groups excluding carboxylic acids is 1. The maximum Gasteiger partial charge on any atom is 0.234 e. The molecule has 1 atom stereocenters. The SMILES string of the molecule is CNS(=O)c1ccc2c(c1)NC(=O)CS2. The minimum Gasteiger partial charge on any atom is -0.324 e. The van der Waals surface area contributed by atoms with Gasteiger partial charge in [0, 0.05) is 4.90 Å². The number of nitrogens with one attached hydrogen (secondary N) is 2. The Labute approximate surface area is 94.4 Å². The molecule has 15 heavy (non-hydrogen) atoms. The Hall–Kier alpha value is -0.850. The summed E-state index contributed by atoms with van der Waals surface area (Å²) < 4.78 is 14.1. The highest BCUT2D eigenvalue weighted by Gasteiger charge is 2.16. The van der Waals surface area contributed by atoms with Gasteiger partial charge in [-0.3, -0.25) is 4.79 Å². The lowest BCUT2D eigenvalue weighted by Crippen LogP contribution is -2.19. The van der Waals surface area contributed by atoms with E-state index in [-0.39, 0.29) is 5.91 Å². The summed E-state index contributed by atoms with van der Waals surface area (Å²) in [5.41, 5.74) is 0.748. The van der Waals surface area contributed by atoms with Gasteiger partial charge in [-0.1, -0.05) is 0 Å². The van der Waals surface area contributed by atoms with Gasteiger partial charge < -0.3 is 5.32 Å². The Morgan fingerprint density at radius 3 is 3.07 bits per heavy atom. The minimum absolute atomic E-state index is 0.0140. The van der Waals surface area contributed by atoms with Crippen LogP contribution in [0.3, 0.4) is 0 Å². The molecule has 1 aromatic carbocycles. The van der Waals surface area contributed by atoms with Gasteiger partial charge in [-0.25, -0.2) is 8.93 Å². The quantitative estimate of drug-likeness (QED) is 0.812. The van der Waals surface area contributed by atoms with Crippen molar-refractivity contribution in [2.45, 2.75) is 9.79 Å². The number of benzene rings is 1. The van der Waals surface area contributed by atoms with Gasteiger partial charge in [-0.15, -0.1) is 11.8 Å². The second kappa shape index (κ2) is 4.34. The number of amides is 1. The molecule has 0 aromatic heterocycles. The van der Waals surface area contributed by atoms with E-state index < -0.39 is 11.0 Å². The maximum absolute atomic E-state index is 11.5. The van der Waals surface area contributed by atoms with Gasteiger partial charge in [-0.2, -0.15) is 0 Å². The summed E-state index contributed by atoms with van der Waals surface area (Å²) in [6.07, 6.45) is 0. The third kappa shape index (κ3) is 2.22. The van der Waals surface area contributed by atoms with Crippen LogP contribution in [0.5, 0.6) is 0 Å². The molecule has 0 aliphatic carbocycles. The summed E-state index contributed by atoms with van der Waals surface area (Å²) in [6, 6.07) is 5.42. The molecule has 0 saturated carbocycles. The van der Waals surface area contributed by atoms with Crippen molar-refractivity contribution in [1.82, 2.24) is 4.72 Å². The van der Waals surface area contributed by atoms with E-state index in [2.05, 4.69) is 10.0 Å². The van der Waals surface area contributed by atoms with Crippen LogP contribution in [0, 0.1) is 0 Å². The van der Waals surface area contributed by atoms with Crippen molar-refractivity contribution in [3.63, 3.8) is 0 Å². The number of hydrogen-bond acceptors (Lipinski definition) is 3. The average molecular weight is 242 g/mol. The predicted octanol–water partition coefficient (Wildman–Crippen LogP) is 0.973. The van der Waals surface area contributed by atoms with Crippen LogP contribution in [0.1, 0.15) is 0 Å². The lowest BCUT2D eigenvalue weighted by atomic mass is 10.3. The molecule has 6 heteroatoms. The molecular formula is C9H10N2O2S2. The molecule has 1 aromatic rings. The standard InChI is InChI=1S/C9H10N2O2S2/c1-10-15(13)6-2-3-8-7(4-6)11-9(12)5-14-8/h2-4,10H,5H2,1H3,(H,11,12). The third-order valence-corrected chi connectivity index (χ3v) is 4.11. The van der Waals surface area contributed by atoms with Crippen molar-refractivity contribution < 1.29 is 9.00 Å². The van der Waals surface area contributed by atoms with E-state index in [4.69, 9.17) is 0 Å². The van der Waals surface area contributed by atoms with Gasteiger partial charge in [0.2, 0.25) is 5.91 Å². The van der Waals surface area contributed by atoms with Gasteiger partial charge in [0.05, 0.1) is 16.3 Å². The maximum atomic E-state index is 11.5. The van der Waals surface area contributed by atoms with Crippen LogP contribution in [0.2, 0.25) is 0 Å². The first-order valence-corrected chi connectivity index (χ1v) is 6.50. The minimum atomic E-state index is -1.21. The van der Waals surface area contributed by atoms with Gasteiger partial charge in [-0.05, 0) is 25.2 Å². The van der Waals surface area contributed by atoms with Crippen LogP contribution < -0.4 is 10.0 Å². The zero-order chi connectivity index (χ0) is 10.8. The topological polar surface area (TPSA) is 58.2 Å². The normalized spacial score (nSPS) is 16.7. The van der Waals surface area contributed by atoms with Gasteiger partial charge in [0.25, 0.3) is 0 Å². The van der Waals surface area contributed by atoms with Crippen LogP contribution in [0.15, 0.2) is 28.0 Å². The Balaban J connectivity index is 2.36. The molecule has 1 heterocycles. The van der Waals surface area contributed by atoms with E-state index >= 15 is 0 Å². The van der Waals surface area contributed by atoms with E-state index in [1.807, 2.05) is 6.07 Å². The van der Waals surface area contributed by atoms with Crippen LogP contribution >= 0.6 is 11.8 Å². The molecular weight excluding hydrogens is 232 g/mol. The molecule has 0 bridgehead atoms. The van der Waals surface area contributed by atoms with E-state index in [9.17, 15) is 9.00 Å². The van der Waals surface area contributed by atoms with Crippen molar-refractivity contribution in [1.29, 1.82) is 0 Å². The van der Waals surface area contributed by atoms with Crippen LogP contribution in [0.4, 0.5) is 5.69 Å². The number of rotatable bonds is 2. The molecule has 2 N–H and O–H groups in total. The molecule has 0 saturated heterocycles. The van der Waals surface area contributed by atoms with Crippen molar-refractivity contribution in [2.24, 2.45) is 0 Å². The Bertz CT molecular complexity index is 434. The van der Waals surface area contributed by atoms with Gasteiger partial charge >= 0.3 is 0 Å². The lowest BCUT2D eigenvalue weighted by molar-refractivity contribution is -0.113. The summed E-state index contributed by atoms with van der Waals surface area (Å²) in [5, 5.41) is 2.76. The first-order chi connectivity index (χ1) is 7.20. The van der Waals surface area contributed by atoms with E-state index in [0.29, 0.717) is 10.6 Å². The second-order valence-corrected chi connectivity index (χ2v) is 5.40. The molecule has 0 radical (unpaired) electrons. The van der Waals surface area contributed by atoms with Crippen molar-refractivity contribution in [3.05, 3.63) is 18.2 Å². The van der Waals surface area contributed by atoms with Crippen LogP contribution in [-0.4, -0.2) is 22.9 Å². The fourth-order valence-electron chi connectivity index (χ4n) is 1.30. The third-order valence-electron chi connectivity index (χ3n) is 1.98. The zero-order valence-electron chi connectivity index (χ0n) is 8.07. The first-order valence-electron chi connectivity index (χ1n) is 4.36. The summed E-state index contributed by atoms with van der Waals surface area (Å²) in [4.78, 5) is 12.8.